The number of carbonyl (C=O) groups excluding carboxylic acids is 2. The third kappa shape index (κ3) is 3.66. The SMILES string of the molecule is CCOC(=O)C(O)(C(=O)OCC)[C@@H](OC)OCC. The van der Waals surface area contributed by atoms with E-state index in [1.165, 1.54) is 7.11 Å². The van der Waals surface area contributed by atoms with Crippen LogP contribution < -0.4 is 0 Å². The van der Waals surface area contributed by atoms with E-state index in [-0.39, 0.29) is 19.8 Å². The van der Waals surface area contributed by atoms with Crippen molar-refractivity contribution in [3.8, 4) is 0 Å². The smallest absolute Gasteiger partial charge is 0.355 e. The zero-order valence-electron chi connectivity index (χ0n) is 11.1. The van der Waals surface area contributed by atoms with Crippen LogP contribution in [0, 0.1) is 0 Å². The number of esters is 2. The van der Waals surface area contributed by atoms with Crippen LogP contribution in [-0.4, -0.2) is 55.9 Å². The highest BCUT2D eigenvalue weighted by molar-refractivity contribution is 6.03. The number of aliphatic hydroxyl groups is 1. The highest BCUT2D eigenvalue weighted by Gasteiger charge is 2.55. The summed E-state index contributed by atoms with van der Waals surface area (Å²) in [5, 5.41) is 10.2. The Balaban J connectivity index is 5.23. The molecular formula is C11H20O7. The maximum Gasteiger partial charge on any atom is 0.355 e. The van der Waals surface area contributed by atoms with E-state index in [0.717, 1.165) is 0 Å². The molecule has 0 aromatic carbocycles. The molecule has 0 aliphatic heterocycles. The molecule has 106 valence electrons. The van der Waals surface area contributed by atoms with Crippen LogP contribution in [0.4, 0.5) is 0 Å². The molecule has 1 N–H and O–H groups in total. The van der Waals surface area contributed by atoms with Gasteiger partial charge in [0.1, 0.15) is 0 Å². The lowest BCUT2D eigenvalue weighted by Crippen LogP contribution is -2.59. The standard InChI is InChI=1S/C11H20O7/c1-5-16-8(12)11(14,9(13)17-6-2)10(15-4)18-7-3/h10,14H,5-7H2,1-4H3/t10-/m0/s1. The van der Waals surface area contributed by atoms with E-state index in [2.05, 4.69) is 9.47 Å². The van der Waals surface area contributed by atoms with Gasteiger partial charge in [0.2, 0.25) is 6.29 Å². The minimum Gasteiger partial charge on any atom is -0.463 e. The fourth-order valence-electron chi connectivity index (χ4n) is 1.27. The molecule has 0 saturated carbocycles. The Hall–Kier alpha value is -1.18. The van der Waals surface area contributed by atoms with Crippen molar-refractivity contribution in [3.63, 3.8) is 0 Å². The van der Waals surface area contributed by atoms with Gasteiger partial charge in [0.15, 0.2) is 0 Å². The molecule has 0 rings (SSSR count). The molecular weight excluding hydrogens is 244 g/mol. The van der Waals surface area contributed by atoms with E-state index >= 15 is 0 Å². The van der Waals surface area contributed by atoms with Gasteiger partial charge < -0.3 is 24.1 Å². The van der Waals surface area contributed by atoms with Crippen molar-refractivity contribution < 1.29 is 33.6 Å². The Kier molecular flexibility index (Phi) is 7.49. The van der Waals surface area contributed by atoms with Gasteiger partial charge in [0, 0.05) is 13.7 Å². The van der Waals surface area contributed by atoms with Crippen LogP contribution >= 0.6 is 0 Å². The van der Waals surface area contributed by atoms with Crippen molar-refractivity contribution in [2.24, 2.45) is 0 Å². The van der Waals surface area contributed by atoms with E-state index in [0.29, 0.717) is 0 Å². The molecule has 7 heteroatoms. The van der Waals surface area contributed by atoms with Crippen LogP contribution in [0.5, 0.6) is 0 Å². The van der Waals surface area contributed by atoms with E-state index in [4.69, 9.17) is 9.47 Å². The maximum atomic E-state index is 11.7. The Labute approximate surface area is 106 Å². The molecule has 0 amide bonds. The van der Waals surface area contributed by atoms with Crippen molar-refractivity contribution in [2.75, 3.05) is 26.9 Å². The number of hydrogen-bond acceptors (Lipinski definition) is 7. The van der Waals surface area contributed by atoms with Crippen molar-refractivity contribution in [1.29, 1.82) is 0 Å². The summed E-state index contributed by atoms with van der Waals surface area (Å²) in [5.74, 6) is -2.33. The molecule has 0 fully saturated rings. The van der Waals surface area contributed by atoms with Gasteiger partial charge >= 0.3 is 17.5 Å². The third-order valence-electron chi connectivity index (χ3n) is 2.05. The van der Waals surface area contributed by atoms with Crippen molar-refractivity contribution >= 4 is 11.9 Å². The first-order valence-corrected chi connectivity index (χ1v) is 5.70. The second-order valence-electron chi connectivity index (χ2n) is 3.23. The third-order valence-corrected chi connectivity index (χ3v) is 2.05. The normalized spacial score (nSPS) is 12.9. The minimum absolute atomic E-state index is 0.00308. The number of methoxy groups -OCH3 is 1. The Morgan fingerprint density at radius 3 is 1.78 bits per heavy atom. The van der Waals surface area contributed by atoms with Crippen LogP contribution in [0.25, 0.3) is 0 Å². The second-order valence-corrected chi connectivity index (χ2v) is 3.23. The molecule has 1 atom stereocenters. The molecule has 0 aliphatic carbocycles. The average Bonchev–Trinajstić information content (AvgIpc) is 2.35. The lowest BCUT2D eigenvalue weighted by Gasteiger charge is -2.29. The quantitative estimate of drug-likeness (QED) is 0.370. The largest absolute Gasteiger partial charge is 0.463 e. The van der Waals surface area contributed by atoms with Gasteiger partial charge in [-0.15, -0.1) is 0 Å². The van der Waals surface area contributed by atoms with Crippen LogP contribution in [0.1, 0.15) is 20.8 Å². The zero-order chi connectivity index (χ0) is 14.2. The molecule has 0 saturated heterocycles. The maximum absolute atomic E-state index is 11.7. The molecule has 0 aromatic heterocycles. The van der Waals surface area contributed by atoms with Gasteiger partial charge in [-0.2, -0.15) is 0 Å². The first-order chi connectivity index (χ1) is 8.48. The molecule has 0 aromatic rings. The highest BCUT2D eigenvalue weighted by atomic mass is 16.7. The minimum atomic E-state index is -2.63. The molecule has 0 heterocycles. The van der Waals surface area contributed by atoms with Crippen LogP contribution in [0.3, 0.4) is 0 Å². The van der Waals surface area contributed by atoms with Gasteiger partial charge in [-0.25, -0.2) is 9.59 Å². The van der Waals surface area contributed by atoms with E-state index in [9.17, 15) is 14.7 Å². The van der Waals surface area contributed by atoms with Gasteiger partial charge in [-0.05, 0) is 20.8 Å². The summed E-state index contributed by atoms with van der Waals surface area (Å²) < 4.78 is 19.1. The van der Waals surface area contributed by atoms with Gasteiger partial charge in [-0.3, -0.25) is 0 Å². The second kappa shape index (κ2) is 8.02. The van der Waals surface area contributed by atoms with Crippen LogP contribution in [0.15, 0.2) is 0 Å². The van der Waals surface area contributed by atoms with Gasteiger partial charge in [-0.1, -0.05) is 0 Å². The molecule has 0 spiro atoms. The van der Waals surface area contributed by atoms with Crippen molar-refractivity contribution in [2.45, 2.75) is 32.7 Å². The summed E-state index contributed by atoms with van der Waals surface area (Å²) in [7, 11) is 1.20. The topological polar surface area (TPSA) is 91.3 Å². The van der Waals surface area contributed by atoms with Crippen LogP contribution in [0.2, 0.25) is 0 Å². The highest BCUT2D eigenvalue weighted by Crippen LogP contribution is 2.19. The summed E-state index contributed by atoms with van der Waals surface area (Å²) in [4.78, 5) is 23.4. The molecule has 7 nitrogen and oxygen atoms in total. The molecule has 0 radical (unpaired) electrons. The first-order valence-electron chi connectivity index (χ1n) is 5.70. The van der Waals surface area contributed by atoms with Crippen molar-refractivity contribution in [1.82, 2.24) is 0 Å². The van der Waals surface area contributed by atoms with Gasteiger partial charge in [0.25, 0.3) is 0 Å². The van der Waals surface area contributed by atoms with E-state index < -0.39 is 23.8 Å². The summed E-state index contributed by atoms with van der Waals surface area (Å²) in [6, 6.07) is 0. The first kappa shape index (κ1) is 16.8. The summed E-state index contributed by atoms with van der Waals surface area (Å²) in [5.41, 5.74) is -2.63. The van der Waals surface area contributed by atoms with Crippen LogP contribution in [-0.2, 0) is 28.5 Å². The molecule has 0 bridgehead atoms. The number of hydrogen-bond donors (Lipinski definition) is 1. The fraction of sp³-hybridized carbons (Fsp3) is 0.818. The van der Waals surface area contributed by atoms with Gasteiger partial charge in [0.05, 0.1) is 13.2 Å². The number of carbonyl (C=O) groups is 2. The Morgan fingerprint density at radius 2 is 1.50 bits per heavy atom. The lowest BCUT2D eigenvalue weighted by molar-refractivity contribution is -0.241. The summed E-state index contributed by atoms with van der Waals surface area (Å²) in [6.07, 6.45) is -1.49. The molecule has 18 heavy (non-hydrogen) atoms. The number of rotatable bonds is 8. The monoisotopic (exact) mass is 264 g/mol. The van der Waals surface area contributed by atoms with E-state index in [1.807, 2.05) is 0 Å². The summed E-state index contributed by atoms with van der Waals surface area (Å²) >= 11 is 0. The fourth-order valence-corrected chi connectivity index (χ4v) is 1.27. The molecule has 0 aliphatic rings. The molecule has 0 unspecified atom stereocenters. The average molecular weight is 264 g/mol. The zero-order valence-corrected chi connectivity index (χ0v) is 11.1. The predicted octanol–water partition coefficient (Wildman–Crippen LogP) is -0.147. The Bertz CT molecular complexity index is 259. The lowest BCUT2D eigenvalue weighted by atomic mass is 10.0. The number of ether oxygens (including phenoxy) is 4. The Morgan fingerprint density at radius 1 is 1.06 bits per heavy atom. The van der Waals surface area contributed by atoms with Crippen molar-refractivity contribution in [3.05, 3.63) is 0 Å². The van der Waals surface area contributed by atoms with E-state index in [1.54, 1.807) is 20.8 Å². The predicted molar refractivity (Wildman–Crippen MR) is 60.6 cm³/mol. The summed E-state index contributed by atoms with van der Waals surface area (Å²) in [6.45, 7) is 4.87.